The fourth-order valence-corrected chi connectivity index (χ4v) is 3.45. The van der Waals surface area contributed by atoms with Crippen molar-refractivity contribution in [3.8, 4) is 0 Å². The molecule has 0 bridgehead atoms. The van der Waals surface area contributed by atoms with E-state index in [9.17, 15) is 14.4 Å². The van der Waals surface area contributed by atoms with Gasteiger partial charge in [-0.05, 0) is 44.7 Å². The molecule has 1 fully saturated rings. The van der Waals surface area contributed by atoms with E-state index in [0.29, 0.717) is 18.4 Å². The number of amides is 3. The summed E-state index contributed by atoms with van der Waals surface area (Å²) in [5.74, 6) is -0.579. The van der Waals surface area contributed by atoms with Gasteiger partial charge in [-0.1, -0.05) is 54.1 Å². The molecule has 3 amide bonds. The van der Waals surface area contributed by atoms with Crippen LogP contribution in [0.3, 0.4) is 0 Å². The topological polar surface area (TPSA) is 66.5 Å². The zero-order valence-electron chi connectivity index (χ0n) is 15.9. The highest BCUT2D eigenvalue weighted by molar-refractivity contribution is 6.11. The Balaban J connectivity index is 1.70. The highest BCUT2D eigenvalue weighted by Gasteiger charge is 2.47. The van der Waals surface area contributed by atoms with Crippen molar-refractivity contribution in [2.45, 2.75) is 39.2 Å². The highest BCUT2D eigenvalue weighted by atomic mass is 16.2. The maximum atomic E-state index is 12.9. The lowest BCUT2D eigenvalue weighted by atomic mass is 9.93. The van der Waals surface area contributed by atoms with Gasteiger partial charge in [-0.2, -0.15) is 0 Å². The van der Waals surface area contributed by atoms with Gasteiger partial charge in [-0.15, -0.1) is 0 Å². The van der Waals surface area contributed by atoms with Crippen LogP contribution in [0.5, 0.6) is 0 Å². The summed E-state index contributed by atoms with van der Waals surface area (Å²) in [5, 5.41) is 2.77. The molecule has 5 heteroatoms. The van der Waals surface area contributed by atoms with Crippen molar-refractivity contribution in [3.63, 3.8) is 0 Å². The van der Waals surface area contributed by atoms with Crippen molar-refractivity contribution in [1.82, 2.24) is 10.2 Å². The molecule has 1 heterocycles. The Morgan fingerprint density at radius 2 is 1.78 bits per heavy atom. The molecule has 1 aliphatic rings. The minimum absolute atomic E-state index is 0.233. The quantitative estimate of drug-likeness (QED) is 0.631. The molecule has 3 rings (SSSR count). The lowest BCUT2D eigenvalue weighted by Crippen LogP contribution is -2.44. The van der Waals surface area contributed by atoms with Crippen LogP contribution in [0.4, 0.5) is 4.79 Å². The molecule has 0 aromatic heterocycles. The van der Waals surface area contributed by atoms with E-state index in [1.807, 2.05) is 56.3 Å². The van der Waals surface area contributed by atoms with Crippen LogP contribution in [0.2, 0.25) is 0 Å². The predicted molar refractivity (Wildman–Crippen MR) is 104 cm³/mol. The first-order valence-electron chi connectivity index (χ1n) is 9.09. The number of rotatable bonds is 6. The number of carbonyl (C=O) groups is 3. The standard InChI is InChI=1S/C22H24N2O3/c1-15-9-10-18(16(2)13-15)19(25)14-24-20(26)22(3,23-21(24)27)12-11-17-7-5-4-6-8-17/h4-10,13H,11-12,14H2,1-3H3,(H,23,27)/t22-/m0/s1. The van der Waals surface area contributed by atoms with Crippen LogP contribution in [-0.2, 0) is 11.2 Å². The molecule has 1 saturated heterocycles. The van der Waals surface area contributed by atoms with Crippen LogP contribution >= 0.6 is 0 Å². The fourth-order valence-electron chi connectivity index (χ4n) is 3.45. The van der Waals surface area contributed by atoms with E-state index in [0.717, 1.165) is 21.6 Å². The van der Waals surface area contributed by atoms with Crippen molar-refractivity contribution in [2.75, 3.05) is 6.54 Å². The van der Waals surface area contributed by atoms with Gasteiger partial charge >= 0.3 is 6.03 Å². The molecule has 1 atom stereocenters. The van der Waals surface area contributed by atoms with Crippen molar-refractivity contribution in [2.24, 2.45) is 0 Å². The molecule has 0 radical (unpaired) electrons. The van der Waals surface area contributed by atoms with Gasteiger partial charge in [0.1, 0.15) is 5.54 Å². The number of Topliss-reactive ketones (excluding diaryl/α,β-unsaturated/α-hetero) is 1. The molecule has 27 heavy (non-hydrogen) atoms. The number of nitrogens with one attached hydrogen (secondary N) is 1. The van der Waals surface area contributed by atoms with E-state index < -0.39 is 11.6 Å². The van der Waals surface area contributed by atoms with Crippen LogP contribution in [0.25, 0.3) is 0 Å². The van der Waals surface area contributed by atoms with Gasteiger partial charge < -0.3 is 5.32 Å². The summed E-state index contributed by atoms with van der Waals surface area (Å²) in [7, 11) is 0. The van der Waals surface area contributed by atoms with Gasteiger partial charge in [-0.3, -0.25) is 14.5 Å². The van der Waals surface area contributed by atoms with Gasteiger partial charge in [0, 0.05) is 5.56 Å². The maximum Gasteiger partial charge on any atom is 0.325 e. The first-order valence-corrected chi connectivity index (χ1v) is 9.09. The summed E-state index contributed by atoms with van der Waals surface area (Å²) in [6.45, 7) is 5.29. The van der Waals surface area contributed by atoms with Crippen molar-refractivity contribution >= 4 is 17.7 Å². The molecule has 2 aromatic rings. The van der Waals surface area contributed by atoms with Gasteiger partial charge in [0.15, 0.2) is 5.78 Å². The second kappa shape index (κ2) is 7.35. The summed E-state index contributed by atoms with van der Waals surface area (Å²) in [6.07, 6.45) is 1.15. The van der Waals surface area contributed by atoms with Crippen LogP contribution in [0.1, 0.15) is 40.4 Å². The van der Waals surface area contributed by atoms with Crippen molar-refractivity contribution in [1.29, 1.82) is 0 Å². The van der Waals surface area contributed by atoms with E-state index in [1.54, 1.807) is 13.0 Å². The number of hydrogen-bond acceptors (Lipinski definition) is 3. The lowest BCUT2D eigenvalue weighted by Gasteiger charge is -2.21. The van der Waals surface area contributed by atoms with Gasteiger partial charge in [-0.25, -0.2) is 4.79 Å². The molecule has 1 N–H and O–H groups in total. The summed E-state index contributed by atoms with van der Waals surface area (Å²) in [4.78, 5) is 38.9. The third-order valence-corrected chi connectivity index (χ3v) is 5.09. The summed E-state index contributed by atoms with van der Waals surface area (Å²) in [6, 6.07) is 14.8. The molecule has 5 nitrogen and oxygen atoms in total. The number of nitrogens with zero attached hydrogens (tertiary/aromatic N) is 1. The number of urea groups is 1. The van der Waals surface area contributed by atoms with Gasteiger partial charge in [0.25, 0.3) is 5.91 Å². The van der Waals surface area contributed by atoms with Gasteiger partial charge in [0.05, 0.1) is 6.54 Å². The number of aryl methyl sites for hydroxylation is 3. The molecule has 0 aliphatic carbocycles. The maximum absolute atomic E-state index is 12.9. The van der Waals surface area contributed by atoms with E-state index in [-0.39, 0.29) is 18.2 Å². The molecule has 1 aliphatic heterocycles. The van der Waals surface area contributed by atoms with E-state index >= 15 is 0 Å². The summed E-state index contributed by atoms with van der Waals surface area (Å²) in [5.41, 5.74) is 2.56. The largest absolute Gasteiger partial charge is 0.325 e. The Labute approximate surface area is 159 Å². The summed E-state index contributed by atoms with van der Waals surface area (Å²) >= 11 is 0. The normalized spacial score (nSPS) is 19.3. The van der Waals surface area contributed by atoms with E-state index in [1.165, 1.54) is 0 Å². The number of carbonyl (C=O) groups excluding carboxylic acids is 3. The zero-order chi connectivity index (χ0) is 19.6. The molecule has 0 unspecified atom stereocenters. The second-order valence-corrected chi connectivity index (χ2v) is 7.38. The first kappa shape index (κ1) is 18.8. The summed E-state index contributed by atoms with van der Waals surface area (Å²) < 4.78 is 0. The number of hydrogen-bond donors (Lipinski definition) is 1. The zero-order valence-corrected chi connectivity index (χ0v) is 15.9. The lowest BCUT2D eigenvalue weighted by molar-refractivity contribution is -0.130. The molecule has 0 spiro atoms. The SMILES string of the molecule is Cc1ccc(C(=O)CN2C(=O)N[C@@](C)(CCc3ccccc3)C2=O)c(C)c1. The molecular formula is C22H24N2O3. The first-order chi connectivity index (χ1) is 12.8. The van der Waals surface area contributed by atoms with Crippen molar-refractivity contribution < 1.29 is 14.4 Å². The molecular weight excluding hydrogens is 340 g/mol. The fraction of sp³-hybridized carbons (Fsp3) is 0.318. The minimum atomic E-state index is -0.991. The Kier molecular flexibility index (Phi) is 5.13. The number of ketones is 1. The monoisotopic (exact) mass is 364 g/mol. The van der Waals surface area contributed by atoms with E-state index in [2.05, 4.69) is 5.32 Å². The average molecular weight is 364 g/mol. The van der Waals surface area contributed by atoms with Crippen LogP contribution in [0, 0.1) is 13.8 Å². The molecule has 0 saturated carbocycles. The third kappa shape index (κ3) is 3.92. The Morgan fingerprint density at radius 1 is 1.07 bits per heavy atom. The van der Waals surface area contributed by atoms with Crippen molar-refractivity contribution in [3.05, 3.63) is 70.8 Å². The number of imide groups is 1. The van der Waals surface area contributed by atoms with Crippen LogP contribution in [0.15, 0.2) is 48.5 Å². The molecule has 140 valence electrons. The smallest absolute Gasteiger partial charge is 0.323 e. The van der Waals surface area contributed by atoms with E-state index in [4.69, 9.17) is 0 Å². The molecule has 2 aromatic carbocycles. The van der Waals surface area contributed by atoms with Gasteiger partial charge in [0.2, 0.25) is 0 Å². The third-order valence-electron chi connectivity index (χ3n) is 5.09. The van der Waals surface area contributed by atoms with Crippen LogP contribution < -0.4 is 5.32 Å². The predicted octanol–water partition coefficient (Wildman–Crippen LogP) is 3.43. The second-order valence-electron chi connectivity index (χ2n) is 7.38. The highest BCUT2D eigenvalue weighted by Crippen LogP contribution is 2.24. The Hall–Kier alpha value is -2.95. The average Bonchev–Trinajstić information content (AvgIpc) is 2.84. The Bertz CT molecular complexity index is 892. The Morgan fingerprint density at radius 3 is 2.44 bits per heavy atom. The number of benzene rings is 2. The minimum Gasteiger partial charge on any atom is -0.323 e. The van der Waals surface area contributed by atoms with Crippen LogP contribution in [-0.4, -0.2) is 34.7 Å².